The van der Waals surface area contributed by atoms with Crippen LogP contribution in [0.2, 0.25) is 0 Å². The lowest BCUT2D eigenvalue weighted by atomic mass is 10.2. The number of aromatic nitrogens is 5. The Morgan fingerprint density at radius 2 is 1.74 bits per heavy atom. The lowest BCUT2D eigenvalue weighted by Crippen LogP contribution is -2.14. The zero-order valence-electron chi connectivity index (χ0n) is 19.4. The molecule has 1 fully saturated rings. The van der Waals surface area contributed by atoms with Crippen molar-refractivity contribution in [3.63, 3.8) is 0 Å². The second kappa shape index (κ2) is 9.85. The molecule has 2 aromatic heterocycles. The fourth-order valence-corrected chi connectivity index (χ4v) is 4.93. The van der Waals surface area contributed by atoms with E-state index >= 15 is 0 Å². The van der Waals surface area contributed by atoms with Crippen molar-refractivity contribution in [1.82, 2.24) is 24.5 Å². The molecular formula is C26H28N6OS. The normalized spacial score (nSPS) is 13.2. The van der Waals surface area contributed by atoms with Crippen molar-refractivity contribution in [3.05, 3.63) is 83.4 Å². The Morgan fingerprint density at radius 3 is 2.44 bits per heavy atom. The largest absolute Gasteiger partial charge is 0.323 e. The molecular weight excluding hydrogens is 444 g/mol. The number of amides is 1. The van der Waals surface area contributed by atoms with Crippen LogP contribution in [0.1, 0.15) is 48.0 Å². The lowest BCUT2D eigenvalue weighted by molar-refractivity contribution is -0.115. The Hall–Kier alpha value is -3.39. The number of hydrogen-bond donors (Lipinski definition) is 1. The molecule has 0 saturated heterocycles. The molecule has 0 atom stereocenters. The minimum atomic E-state index is -0.0251. The van der Waals surface area contributed by atoms with Crippen molar-refractivity contribution in [1.29, 1.82) is 0 Å². The summed E-state index contributed by atoms with van der Waals surface area (Å²) in [7, 11) is 0. The van der Waals surface area contributed by atoms with E-state index in [2.05, 4.69) is 49.4 Å². The van der Waals surface area contributed by atoms with E-state index in [9.17, 15) is 4.79 Å². The first kappa shape index (κ1) is 22.4. The molecule has 1 amide bonds. The summed E-state index contributed by atoms with van der Waals surface area (Å²) in [5.41, 5.74) is 4.70. The summed E-state index contributed by atoms with van der Waals surface area (Å²) in [6.45, 7) is 4.65. The van der Waals surface area contributed by atoms with Crippen molar-refractivity contribution < 1.29 is 4.79 Å². The second-order valence-corrected chi connectivity index (χ2v) is 9.69. The molecule has 1 saturated carbocycles. The average Bonchev–Trinajstić information content (AvgIpc) is 3.57. The van der Waals surface area contributed by atoms with Gasteiger partial charge in [0.15, 0.2) is 5.16 Å². The topological polar surface area (TPSA) is 77.6 Å². The van der Waals surface area contributed by atoms with Crippen molar-refractivity contribution in [2.45, 2.75) is 50.7 Å². The number of anilines is 1. The third-order valence-corrected chi connectivity index (χ3v) is 6.96. The Kier molecular flexibility index (Phi) is 6.49. The van der Waals surface area contributed by atoms with Gasteiger partial charge in [-0.15, -0.1) is 10.2 Å². The number of thioether (sulfide) groups is 1. The quantitative estimate of drug-likeness (QED) is 0.342. The van der Waals surface area contributed by atoms with Crippen LogP contribution in [0.4, 0.5) is 5.69 Å². The van der Waals surface area contributed by atoms with Gasteiger partial charge < -0.3 is 9.88 Å². The average molecular weight is 473 g/mol. The highest BCUT2D eigenvalue weighted by atomic mass is 32.2. The molecule has 2 aromatic carbocycles. The SMILES string of the molecule is Cc1nn(-c2ccccc2)c(C)c1NC(=O)CCSc1nnc(C2CC2)n1Cc1ccccc1. The highest BCUT2D eigenvalue weighted by molar-refractivity contribution is 7.99. The van der Waals surface area contributed by atoms with E-state index in [1.807, 2.05) is 54.9 Å². The minimum absolute atomic E-state index is 0.0251. The van der Waals surface area contributed by atoms with Crippen LogP contribution in [0, 0.1) is 13.8 Å². The molecule has 4 aromatic rings. The number of para-hydroxylation sites is 1. The predicted molar refractivity (Wildman–Crippen MR) is 135 cm³/mol. The van der Waals surface area contributed by atoms with Crippen LogP contribution in [0.5, 0.6) is 0 Å². The molecule has 2 heterocycles. The van der Waals surface area contributed by atoms with E-state index < -0.39 is 0 Å². The van der Waals surface area contributed by atoms with E-state index in [1.165, 1.54) is 18.4 Å². The van der Waals surface area contributed by atoms with Crippen molar-refractivity contribution in [2.24, 2.45) is 0 Å². The van der Waals surface area contributed by atoms with Crippen molar-refractivity contribution in [2.75, 3.05) is 11.1 Å². The zero-order chi connectivity index (χ0) is 23.5. The predicted octanol–water partition coefficient (Wildman–Crippen LogP) is 5.13. The summed E-state index contributed by atoms with van der Waals surface area (Å²) in [6, 6.07) is 20.3. The highest BCUT2D eigenvalue weighted by Crippen LogP contribution is 2.40. The molecule has 8 heteroatoms. The first-order valence-corrected chi connectivity index (χ1v) is 12.6. The van der Waals surface area contributed by atoms with E-state index in [0.29, 0.717) is 18.1 Å². The van der Waals surface area contributed by atoms with E-state index in [-0.39, 0.29) is 5.91 Å². The Balaban J connectivity index is 1.22. The van der Waals surface area contributed by atoms with Gasteiger partial charge in [0.25, 0.3) is 0 Å². The molecule has 7 nitrogen and oxygen atoms in total. The maximum absolute atomic E-state index is 12.7. The minimum Gasteiger partial charge on any atom is -0.323 e. The maximum Gasteiger partial charge on any atom is 0.225 e. The van der Waals surface area contributed by atoms with E-state index in [4.69, 9.17) is 0 Å². The van der Waals surface area contributed by atoms with E-state index in [0.717, 1.165) is 40.3 Å². The summed E-state index contributed by atoms with van der Waals surface area (Å²) in [5.74, 6) is 2.19. The van der Waals surface area contributed by atoms with Gasteiger partial charge in [0.05, 0.1) is 29.3 Å². The van der Waals surface area contributed by atoms with Gasteiger partial charge in [0, 0.05) is 18.1 Å². The van der Waals surface area contributed by atoms with Gasteiger partial charge in [-0.3, -0.25) is 4.79 Å². The molecule has 0 spiro atoms. The van der Waals surface area contributed by atoms with Gasteiger partial charge in [0.1, 0.15) is 5.82 Å². The molecule has 0 radical (unpaired) electrons. The van der Waals surface area contributed by atoms with Gasteiger partial charge in [0.2, 0.25) is 5.91 Å². The van der Waals surface area contributed by atoms with Crippen LogP contribution in [-0.2, 0) is 11.3 Å². The maximum atomic E-state index is 12.7. The van der Waals surface area contributed by atoms with Gasteiger partial charge in [-0.25, -0.2) is 4.68 Å². The number of hydrogen-bond acceptors (Lipinski definition) is 5. The monoisotopic (exact) mass is 472 g/mol. The van der Waals surface area contributed by atoms with Crippen LogP contribution in [0.25, 0.3) is 5.69 Å². The van der Waals surface area contributed by atoms with E-state index in [1.54, 1.807) is 11.8 Å². The number of carbonyl (C=O) groups is 1. The molecule has 5 rings (SSSR count). The van der Waals surface area contributed by atoms with Crippen LogP contribution < -0.4 is 5.32 Å². The van der Waals surface area contributed by atoms with Crippen LogP contribution in [0.3, 0.4) is 0 Å². The van der Waals surface area contributed by atoms with Gasteiger partial charge in [-0.2, -0.15) is 5.10 Å². The number of benzene rings is 2. The van der Waals surface area contributed by atoms with Crippen molar-refractivity contribution in [3.8, 4) is 5.69 Å². The first-order chi connectivity index (χ1) is 16.6. The lowest BCUT2D eigenvalue weighted by Gasteiger charge is -2.10. The van der Waals surface area contributed by atoms with Crippen LogP contribution >= 0.6 is 11.8 Å². The first-order valence-electron chi connectivity index (χ1n) is 11.6. The zero-order valence-corrected chi connectivity index (χ0v) is 20.3. The third-order valence-electron chi connectivity index (χ3n) is 5.99. The molecule has 34 heavy (non-hydrogen) atoms. The summed E-state index contributed by atoms with van der Waals surface area (Å²) < 4.78 is 4.08. The summed E-state index contributed by atoms with van der Waals surface area (Å²) >= 11 is 1.59. The fraction of sp³-hybridized carbons (Fsp3) is 0.308. The van der Waals surface area contributed by atoms with Crippen LogP contribution in [0.15, 0.2) is 65.8 Å². The Bertz CT molecular complexity index is 1280. The fourth-order valence-electron chi connectivity index (χ4n) is 4.05. The summed E-state index contributed by atoms with van der Waals surface area (Å²) in [6.07, 6.45) is 2.74. The molecule has 1 N–H and O–H groups in total. The second-order valence-electron chi connectivity index (χ2n) is 8.63. The van der Waals surface area contributed by atoms with Gasteiger partial charge in [-0.05, 0) is 44.4 Å². The number of nitrogens with one attached hydrogen (secondary N) is 1. The molecule has 1 aliphatic rings. The molecule has 0 unspecified atom stereocenters. The number of carbonyl (C=O) groups excluding carboxylic acids is 1. The number of nitrogens with zero attached hydrogens (tertiary/aromatic N) is 5. The number of aryl methyl sites for hydroxylation is 1. The standard InChI is InChI=1S/C26H28N6OS/c1-18-24(19(2)32(30-18)22-11-7-4-8-12-22)27-23(33)15-16-34-26-29-28-25(21-13-14-21)31(26)17-20-9-5-3-6-10-20/h3-12,21H,13-17H2,1-2H3,(H,27,33). The van der Waals surface area contributed by atoms with Gasteiger partial charge in [-0.1, -0.05) is 60.3 Å². The molecule has 174 valence electrons. The summed E-state index contributed by atoms with van der Waals surface area (Å²) in [5, 5.41) is 17.5. The Morgan fingerprint density at radius 1 is 1.03 bits per heavy atom. The van der Waals surface area contributed by atoms with Crippen molar-refractivity contribution >= 4 is 23.4 Å². The summed E-state index contributed by atoms with van der Waals surface area (Å²) in [4.78, 5) is 12.7. The molecule has 0 bridgehead atoms. The van der Waals surface area contributed by atoms with Gasteiger partial charge >= 0.3 is 0 Å². The van der Waals surface area contributed by atoms with Crippen LogP contribution in [-0.4, -0.2) is 36.2 Å². The molecule has 0 aliphatic heterocycles. The number of rotatable bonds is 9. The third kappa shape index (κ3) is 4.92. The highest BCUT2D eigenvalue weighted by Gasteiger charge is 2.30. The smallest absolute Gasteiger partial charge is 0.225 e. The molecule has 1 aliphatic carbocycles. The Labute approximate surface area is 203 Å².